The number of hydrogen-bond donors (Lipinski definition) is 3. The second-order valence-corrected chi connectivity index (χ2v) is 11.7. The Morgan fingerprint density at radius 1 is 0.681 bits per heavy atom. The van der Waals surface area contributed by atoms with Crippen molar-refractivity contribution in [3.8, 4) is 0 Å². The molecule has 0 aromatic heterocycles. The fourth-order valence-electron chi connectivity index (χ4n) is 4.94. The Balaban J connectivity index is 1.07. The largest absolute Gasteiger partial charge is 0.481 e. The third-order valence-corrected chi connectivity index (χ3v) is 8.16. The van der Waals surface area contributed by atoms with Gasteiger partial charge in [-0.1, -0.05) is 133 Å². The van der Waals surface area contributed by atoms with Gasteiger partial charge in [0, 0.05) is 11.4 Å². The second-order valence-electron chi connectivity index (χ2n) is 10.7. The number of amides is 1. The first-order valence-corrected chi connectivity index (χ1v) is 16.0. The molecule has 0 spiro atoms. The molecular weight excluding hydrogens is 603 g/mol. The minimum Gasteiger partial charge on any atom is -0.481 e. The molecule has 0 aliphatic carbocycles. The Morgan fingerprint density at radius 3 is 1.70 bits per heavy atom. The third-order valence-electron chi connectivity index (χ3n) is 7.31. The number of hydrogen-bond acceptors (Lipinski definition) is 5. The number of anilines is 2. The van der Waals surface area contributed by atoms with Crippen molar-refractivity contribution in [1.82, 2.24) is 5.32 Å². The van der Waals surface area contributed by atoms with Crippen molar-refractivity contribution >= 4 is 70.1 Å². The van der Waals surface area contributed by atoms with Crippen molar-refractivity contribution < 1.29 is 14.7 Å². The predicted octanol–water partition coefficient (Wildman–Crippen LogP) is 8.83. The molecule has 47 heavy (non-hydrogen) atoms. The molecule has 1 heterocycles. The van der Waals surface area contributed by atoms with Crippen LogP contribution in [0.25, 0.3) is 29.9 Å². The minimum atomic E-state index is -0.965. The van der Waals surface area contributed by atoms with E-state index in [-0.39, 0.29) is 17.4 Å². The highest BCUT2D eigenvalue weighted by molar-refractivity contribution is 8.14. The number of thioether (sulfide) groups is 1. The van der Waals surface area contributed by atoms with Crippen molar-refractivity contribution in [2.75, 3.05) is 11.1 Å². The molecule has 0 unspecified atom stereocenters. The Labute approximate surface area is 277 Å². The molecule has 5 aromatic carbocycles. The molecule has 1 aliphatic rings. The van der Waals surface area contributed by atoms with Gasteiger partial charge >= 0.3 is 5.97 Å². The standard InChI is InChI=1S/C40H31N3O3S/c44-38(45)27-47-40-42-37(39(46)43-40)26-31-15-13-28(14-16-31)11-12-29-17-21-34(22-18-29)41-35-23-19-30(20-24-35)25-36(32-7-3-1-4-8-32)33-9-5-2-6-10-33/h1-26,41H,27H2,(H,44,45)(H,42,43,46)/b12-11+,37-26-. The molecule has 1 amide bonds. The summed E-state index contributed by atoms with van der Waals surface area (Å²) in [6, 6.07) is 45.4. The Hall–Kier alpha value is -5.92. The van der Waals surface area contributed by atoms with Gasteiger partial charge in [0.2, 0.25) is 0 Å². The van der Waals surface area contributed by atoms with Crippen molar-refractivity contribution in [3.05, 3.63) is 173 Å². The number of carboxylic acids is 1. The minimum absolute atomic E-state index is 0.162. The van der Waals surface area contributed by atoms with Crippen molar-refractivity contribution in [2.45, 2.75) is 0 Å². The molecule has 0 radical (unpaired) electrons. The van der Waals surface area contributed by atoms with E-state index in [1.54, 1.807) is 6.08 Å². The van der Waals surface area contributed by atoms with Gasteiger partial charge in [0.05, 0.1) is 5.75 Å². The van der Waals surface area contributed by atoms with Gasteiger partial charge in [-0.3, -0.25) is 14.9 Å². The molecule has 0 saturated carbocycles. The number of aliphatic imine (C=N–C) groups is 1. The number of carbonyl (C=O) groups is 2. The summed E-state index contributed by atoms with van der Waals surface area (Å²) in [6.45, 7) is 0. The Morgan fingerprint density at radius 2 is 1.17 bits per heavy atom. The van der Waals surface area contributed by atoms with Gasteiger partial charge in [-0.25, -0.2) is 4.99 Å². The lowest BCUT2D eigenvalue weighted by molar-refractivity contribution is -0.133. The van der Waals surface area contributed by atoms with Crippen LogP contribution in [-0.2, 0) is 9.59 Å². The van der Waals surface area contributed by atoms with Crippen LogP contribution in [0.2, 0.25) is 0 Å². The molecule has 6 nitrogen and oxygen atoms in total. The van der Waals surface area contributed by atoms with E-state index in [0.717, 1.165) is 45.4 Å². The lowest BCUT2D eigenvalue weighted by Gasteiger charge is -2.10. The predicted molar refractivity (Wildman–Crippen MR) is 195 cm³/mol. The van der Waals surface area contributed by atoms with Crippen molar-refractivity contribution in [1.29, 1.82) is 0 Å². The number of carboxylic acid groups (broad SMARTS) is 1. The Bertz CT molecular complexity index is 1940. The average molecular weight is 634 g/mol. The maximum absolute atomic E-state index is 12.2. The van der Waals surface area contributed by atoms with Gasteiger partial charge in [0.15, 0.2) is 5.17 Å². The van der Waals surface area contributed by atoms with Gasteiger partial charge in [0.1, 0.15) is 5.70 Å². The van der Waals surface area contributed by atoms with E-state index in [4.69, 9.17) is 5.11 Å². The van der Waals surface area contributed by atoms with E-state index < -0.39 is 5.97 Å². The zero-order valence-electron chi connectivity index (χ0n) is 25.3. The number of benzene rings is 5. The molecule has 0 bridgehead atoms. The fraction of sp³-hybridized carbons (Fsp3) is 0.0250. The summed E-state index contributed by atoms with van der Waals surface area (Å²) in [5.74, 6) is -1.47. The zero-order valence-corrected chi connectivity index (χ0v) is 26.2. The quantitative estimate of drug-likeness (QED) is 0.106. The smallest absolute Gasteiger partial charge is 0.313 e. The van der Waals surface area contributed by atoms with Crippen LogP contribution in [-0.4, -0.2) is 27.9 Å². The zero-order chi connectivity index (χ0) is 32.4. The lowest BCUT2D eigenvalue weighted by atomic mass is 9.96. The van der Waals surface area contributed by atoms with Gasteiger partial charge < -0.3 is 10.4 Å². The number of carbonyl (C=O) groups excluding carboxylic acids is 1. The number of nitrogens with zero attached hydrogens (tertiary/aromatic N) is 1. The van der Waals surface area contributed by atoms with Gasteiger partial charge in [-0.15, -0.1) is 0 Å². The first kappa shape index (κ1) is 31.1. The second kappa shape index (κ2) is 14.9. The van der Waals surface area contributed by atoms with Crippen LogP contribution in [0.1, 0.15) is 33.4 Å². The number of amidine groups is 1. The molecule has 3 N–H and O–H groups in total. The van der Waals surface area contributed by atoms with Gasteiger partial charge in [0.25, 0.3) is 5.91 Å². The maximum Gasteiger partial charge on any atom is 0.313 e. The van der Waals surface area contributed by atoms with Gasteiger partial charge in [-0.2, -0.15) is 0 Å². The summed E-state index contributed by atoms with van der Waals surface area (Å²) in [6.07, 6.45) is 7.99. The third kappa shape index (κ3) is 8.63. The van der Waals surface area contributed by atoms with Crippen LogP contribution < -0.4 is 10.6 Å². The summed E-state index contributed by atoms with van der Waals surface area (Å²) in [4.78, 5) is 27.1. The van der Waals surface area contributed by atoms with E-state index in [2.05, 4.69) is 125 Å². The van der Waals surface area contributed by atoms with Crippen LogP contribution in [0.3, 0.4) is 0 Å². The first-order chi connectivity index (χ1) is 23.0. The molecular formula is C40H31N3O3S. The summed E-state index contributed by atoms with van der Waals surface area (Å²) in [5, 5.41) is 15.2. The van der Waals surface area contributed by atoms with Gasteiger partial charge in [-0.05, 0) is 75.4 Å². The first-order valence-electron chi connectivity index (χ1n) is 15.0. The molecule has 6 rings (SSSR count). The average Bonchev–Trinajstić information content (AvgIpc) is 3.46. The number of rotatable bonds is 10. The molecule has 7 heteroatoms. The van der Waals surface area contributed by atoms with E-state index in [9.17, 15) is 9.59 Å². The molecule has 0 fully saturated rings. The highest BCUT2D eigenvalue weighted by Crippen LogP contribution is 2.27. The number of aliphatic carboxylic acids is 1. The van der Waals surface area contributed by atoms with Crippen LogP contribution in [0.4, 0.5) is 11.4 Å². The van der Waals surface area contributed by atoms with Crippen LogP contribution >= 0.6 is 11.8 Å². The van der Waals surface area contributed by atoms with Crippen molar-refractivity contribution in [3.63, 3.8) is 0 Å². The summed E-state index contributed by atoms with van der Waals surface area (Å²) in [7, 11) is 0. The Kier molecular flexibility index (Phi) is 9.86. The van der Waals surface area contributed by atoms with Crippen LogP contribution in [0, 0.1) is 0 Å². The van der Waals surface area contributed by atoms with Crippen LogP contribution in [0.15, 0.2) is 144 Å². The molecule has 0 atom stereocenters. The molecule has 0 saturated heterocycles. The maximum atomic E-state index is 12.2. The van der Waals surface area contributed by atoms with Crippen molar-refractivity contribution in [2.24, 2.45) is 4.99 Å². The van der Waals surface area contributed by atoms with Crippen LogP contribution in [0.5, 0.6) is 0 Å². The highest BCUT2D eigenvalue weighted by atomic mass is 32.2. The topological polar surface area (TPSA) is 90.8 Å². The SMILES string of the molecule is O=C(O)CSC1=N/C(=C\c2ccc(/C=C/c3ccc(Nc4ccc(C=C(c5ccccc5)c5ccccc5)cc4)cc3)cc2)C(=O)N1. The number of nitrogens with one attached hydrogen (secondary N) is 2. The summed E-state index contributed by atoms with van der Waals surface area (Å²) in [5.41, 5.74) is 9.85. The molecule has 1 aliphatic heterocycles. The lowest BCUT2D eigenvalue weighted by Crippen LogP contribution is -2.22. The summed E-state index contributed by atoms with van der Waals surface area (Å²) < 4.78 is 0. The molecule has 230 valence electrons. The highest BCUT2D eigenvalue weighted by Gasteiger charge is 2.20. The monoisotopic (exact) mass is 633 g/mol. The van der Waals surface area contributed by atoms with E-state index in [0.29, 0.717) is 5.17 Å². The fourth-order valence-corrected chi connectivity index (χ4v) is 5.53. The summed E-state index contributed by atoms with van der Waals surface area (Å²) >= 11 is 0.981. The van der Waals surface area contributed by atoms with E-state index in [1.807, 2.05) is 42.5 Å². The normalized spacial score (nSPS) is 13.3. The van der Waals surface area contributed by atoms with E-state index in [1.165, 1.54) is 16.7 Å². The van der Waals surface area contributed by atoms with E-state index >= 15 is 0 Å². The molecule has 5 aromatic rings.